The van der Waals surface area contributed by atoms with Crippen molar-refractivity contribution in [2.45, 2.75) is 13.3 Å². The van der Waals surface area contributed by atoms with Crippen molar-refractivity contribution in [3.8, 4) is 0 Å². The van der Waals surface area contributed by atoms with E-state index in [1.165, 1.54) is 0 Å². The predicted octanol–water partition coefficient (Wildman–Crippen LogP) is 1.71. The lowest BCUT2D eigenvalue weighted by atomic mass is 10.2. The standard InChI is InChI=1S/C7H10O/c1-3-4-7(2)5-6-8/h3-4,6H,1,5H2,2H3. The number of allylic oxidation sites excluding steroid dienone is 3. The van der Waals surface area contributed by atoms with E-state index in [9.17, 15) is 4.79 Å². The van der Waals surface area contributed by atoms with Crippen LogP contribution in [0.25, 0.3) is 0 Å². The number of carbonyl (C=O) groups is 1. The summed E-state index contributed by atoms with van der Waals surface area (Å²) in [6.07, 6.45) is 4.91. The number of hydrogen-bond acceptors (Lipinski definition) is 1. The molecule has 0 N–H and O–H groups in total. The van der Waals surface area contributed by atoms with E-state index >= 15 is 0 Å². The Kier molecular flexibility index (Phi) is 3.85. The Bertz CT molecular complexity index is 112. The van der Waals surface area contributed by atoms with Crippen LogP contribution in [0, 0.1) is 0 Å². The first-order chi connectivity index (χ1) is 3.81. The van der Waals surface area contributed by atoms with Gasteiger partial charge in [-0.2, -0.15) is 0 Å². The van der Waals surface area contributed by atoms with E-state index in [1.54, 1.807) is 6.08 Å². The first-order valence-corrected chi connectivity index (χ1v) is 2.53. The van der Waals surface area contributed by atoms with Crippen LogP contribution in [0.3, 0.4) is 0 Å². The first-order valence-electron chi connectivity index (χ1n) is 2.53. The molecule has 0 fully saturated rings. The van der Waals surface area contributed by atoms with Crippen molar-refractivity contribution >= 4 is 6.29 Å². The lowest BCUT2D eigenvalue weighted by Gasteiger charge is -1.85. The molecule has 8 heavy (non-hydrogen) atoms. The SMILES string of the molecule is C=CC=C(C)CC=O. The molecule has 0 aromatic carbocycles. The summed E-state index contributed by atoms with van der Waals surface area (Å²) in [5.41, 5.74) is 1.05. The average molecular weight is 110 g/mol. The van der Waals surface area contributed by atoms with Gasteiger partial charge in [0.05, 0.1) is 0 Å². The summed E-state index contributed by atoms with van der Waals surface area (Å²) < 4.78 is 0. The van der Waals surface area contributed by atoms with Crippen molar-refractivity contribution in [1.82, 2.24) is 0 Å². The zero-order valence-corrected chi connectivity index (χ0v) is 5.05. The van der Waals surface area contributed by atoms with Gasteiger partial charge in [-0.3, -0.25) is 0 Å². The van der Waals surface area contributed by atoms with Crippen molar-refractivity contribution in [2.75, 3.05) is 0 Å². The zero-order valence-electron chi connectivity index (χ0n) is 5.05. The number of hydrogen-bond donors (Lipinski definition) is 0. The molecule has 44 valence electrons. The van der Waals surface area contributed by atoms with Gasteiger partial charge in [0.15, 0.2) is 0 Å². The molecule has 0 radical (unpaired) electrons. The van der Waals surface area contributed by atoms with Gasteiger partial charge in [-0.15, -0.1) is 0 Å². The van der Waals surface area contributed by atoms with E-state index in [2.05, 4.69) is 6.58 Å². The maximum atomic E-state index is 9.81. The molecule has 0 aliphatic carbocycles. The summed E-state index contributed by atoms with van der Waals surface area (Å²) in [5, 5.41) is 0. The Morgan fingerprint density at radius 2 is 2.38 bits per heavy atom. The van der Waals surface area contributed by atoms with Crippen LogP contribution >= 0.6 is 0 Å². The van der Waals surface area contributed by atoms with Crippen molar-refractivity contribution in [3.05, 3.63) is 24.3 Å². The Labute approximate surface area is 49.7 Å². The molecule has 0 rings (SSSR count). The molecular formula is C7H10O. The number of aldehydes is 1. The molecule has 0 amide bonds. The molecule has 1 nitrogen and oxygen atoms in total. The summed E-state index contributed by atoms with van der Waals surface area (Å²) in [5.74, 6) is 0. The minimum Gasteiger partial charge on any atom is -0.303 e. The lowest BCUT2D eigenvalue weighted by molar-refractivity contribution is -0.107. The van der Waals surface area contributed by atoms with Gasteiger partial charge in [-0.25, -0.2) is 0 Å². The molecule has 0 atom stereocenters. The second-order valence-electron chi connectivity index (χ2n) is 1.62. The summed E-state index contributed by atoms with van der Waals surface area (Å²) in [4.78, 5) is 9.81. The van der Waals surface area contributed by atoms with Gasteiger partial charge in [-0.1, -0.05) is 24.3 Å². The third-order valence-electron chi connectivity index (χ3n) is 0.808. The maximum Gasteiger partial charge on any atom is 0.124 e. The van der Waals surface area contributed by atoms with E-state index in [-0.39, 0.29) is 0 Å². The Morgan fingerprint density at radius 3 is 2.75 bits per heavy atom. The maximum absolute atomic E-state index is 9.81. The molecule has 0 bridgehead atoms. The second kappa shape index (κ2) is 4.31. The highest BCUT2D eigenvalue weighted by molar-refractivity contribution is 5.54. The van der Waals surface area contributed by atoms with Crippen LogP contribution in [-0.2, 0) is 4.79 Å². The van der Waals surface area contributed by atoms with E-state index in [0.29, 0.717) is 6.42 Å². The summed E-state index contributed by atoms with van der Waals surface area (Å²) in [6, 6.07) is 0. The fourth-order valence-corrected chi connectivity index (χ4v) is 0.401. The van der Waals surface area contributed by atoms with E-state index < -0.39 is 0 Å². The summed E-state index contributed by atoms with van der Waals surface area (Å²) in [7, 11) is 0. The van der Waals surface area contributed by atoms with Crippen LogP contribution < -0.4 is 0 Å². The second-order valence-corrected chi connectivity index (χ2v) is 1.62. The normalized spacial score (nSPS) is 10.9. The number of carbonyl (C=O) groups excluding carboxylic acids is 1. The van der Waals surface area contributed by atoms with Gasteiger partial charge >= 0.3 is 0 Å². The fraction of sp³-hybridized carbons (Fsp3) is 0.286. The topological polar surface area (TPSA) is 17.1 Å². The molecule has 0 aliphatic rings. The molecule has 0 aromatic heterocycles. The molecule has 0 saturated heterocycles. The summed E-state index contributed by atoms with van der Waals surface area (Å²) in [6.45, 7) is 5.39. The van der Waals surface area contributed by atoms with Crippen LogP contribution in [-0.4, -0.2) is 6.29 Å². The first kappa shape index (κ1) is 7.15. The molecule has 0 aromatic rings. The van der Waals surface area contributed by atoms with Crippen molar-refractivity contribution in [2.24, 2.45) is 0 Å². The highest BCUT2D eigenvalue weighted by atomic mass is 16.1. The Hall–Kier alpha value is -0.850. The van der Waals surface area contributed by atoms with Gasteiger partial charge in [0.1, 0.15) is 6.29 Å². The molecule has 0 heterocycles. The molecule has 0 saturated carbocycles. The fourth-order valence-electron chi connectivity index (χ4n) is 0.401. The summed E-state index contributed by atoms with van der Waals surface area (Å²) >= 11 is 0. The predicted molar refractivity (Wildman–Crippen MR) is 34.6 cm³/mol. The van der Waals surface area contributed by atoms with Crippen LogP contribution in [0.2, 0.25) is 0 Å². The Morgan fingerprint density at radius 1 is 1.75 bits per heavy atom. The van der Waals surface area contributed by atoms with Gasteiger partial charge in [0, 0.05) is 6.42 Å². The molecule has 0 aliphatic heterocycles. The zero-order chi connectivity index (χ0) is 6.41. The van der Waals surface area contributed by atoms with Gasteiger partial charge in [-0.05, 0) is 6.92 Å². The molecular weight excluding hydrogens is 100 g/mol. The van der Waals surface area contributed by atoms with E-state index in [0.717, 1.165) is 11.9 Å². The van der Waals surface area contributed by atoms with E-state index in [1.807, 2.05) is 13.0 Å². The Balaban J connectivity index is 3.60. The van der Waals surface area contributed by atoms with Crippen LogP contribution in [0.1, 0.15) is 13.3 Å². The number of rotatable bonds is 3. The van der Waals surface area contributed by atoms with Crippen molar-refractivity contribution in [3.63, 3.8) is 0 Å². The largest absolute Gasteiger partial charge is 0.303 e. The smallest absolute Gasteiger partial charge is 0.124 e. The van der Waals surface area contributed by atoms with E-state index in [4.69, 9.17) is 0 Å². The van der Waals surface area contributed by atoms with Crippen molar-refractivity contribution < 1.29 is 4.79 Å². The molecule has 1 heteroatoms. The van der Waals surface area contributed by atoms with Gasteiger partial charge < -0.3 is 4.79 Å². The minimum atomic E-state index is 0.520. The third kappa shape index (κ3) is 3.34. The third-order valence-corrected chi connectivity index (χ3v) is 0.808. The van der Waals surface area contributed by atoms with Crippen molar-refractivity contribution in [1.29, 1.82) is 0 Å². The van der Waals surface area contributed by atoms with Gasteiger partial charge in [0.25, 0.3) is 0 Å². The average Bonchev–Trinajstić information content (AvgIpc) is 1.68. The minimum absolute atomic E-state index is 0.520. The van der Waals surface area contributed by atoms with Crippen LogP contribution in [0.15, 0.2) is 24.3 Å². The monoisotopic (exact) mass is 110 g/mol. The quantitative estimate of drug-likeness (QED) is 0.399. The highest BCUT2D eigenvalue weighted by Gasteiger charge is 1.80. The van der Waals surface area contributed by atoms with Crippen LogP contribution in [0.5, 0.6) is 0 Å². The molecule has 0 unspecified atom stereocenters. The van der Waals surface area contributed by atoms with Gasteiger partial charge in [0.2, 0.25) is 0 Å². The lowest BCUT2D eigenvalue weighted by Crippen LogP contribution is -1.74. The van der Waals surface area contributed by atoms with Crippen LogP contribution in [0.4, 0.5) is 0 Å². The highest BCUT2D eigenvalue weighted by Crippen LogP contribution is 1.94. The molecule has 0 spiro atoms.